The lowest BCUT2D eigenvalue weighted by Gasteiger charge is -2.35. The third-order valence-electron chi connectivity index (χ3n) is 3.75. The molecule has 1 aliphatic rings. The highest BCUT2D eigenvalue weighted by molar-refractivity contribution is 7.10. The highest BCUT2D eigenvalue weighted by atomic mass is 35.5. The van der Waals surface area contributed by atoms with Crippen molar-refractivity contribution in [3.63, 3.8) is 0 Å². The van der Waals surface area contributed by atoms with Crippen molar-refractivity contribution < 1.29 is 17.6 Å². The number of halogens is 5. The van der Waals surface area contributed by atoms with Crippen LogP contribution in [0.4, 0.5) is 17.6 Å². The summed E-state index contributed by atoms with van der Waals surface area (Å²) in [5, 5.41) is 4.92. The molecule has 1 saturated heterocycles. The maximum Gasteiger partial charge on any atom is 0.167 e. The maximum atomic E-state index is 14.2. The number of rotatable bonds is 3. The molecule has 1 aliphatic heterocycles. The van der Waals surface area contributed by atoms with Crippen molar-refractivity contribution in [3.05, 3.63) is 57.3 Å². The topological polar surface area (TPSA) is 15.3 Å². The summed E-state index contributed by atoms with van der Waals surface area (Å²) in [5.74, 6) is -5.39. The Balaban J connectivity index is 0.00000192. The minimum absolute atomic E-state index is 0. The Morgan fingerprint density at radius 2 is 1.65 bits per heavy atom. The van der Waals surface area contributed by atoms with Crippen LogP contribution in [-0.2, 0) is 0 Å². The van der Waals surface area contributed by atoms with Crippen molar-refractivity contribution in [1.82, 2.24) is 10.2 Å². The molecule has 0 bridgehead atoms. The van der Waals surface area contributed by atoms with Crippen LogP contribution in [0.25, 0.3) is 0 Å². The van der Waals surface area contributed by atoms with Crippen molar-refractivity contribution in [2.24, 2.45) is 0 Å². The molecule has 0 amide bonds. The smallest absolute Gasteiger partial charge is 0.167 e. The van der Waals surface area contributed by atoms with Gasteiger partial charge in [-0.3, -0.25) is 4.90 Å². The standard InChI is InChI=1S/C15H14F4N2S.ClH/c16-9-8-10(17)14(19)12(13(9)18)15(11-2-1-7-22-11)21-5-3-20-4-6-21;/h1-2,7-8,15,20H,3-6H2;1H/t15-;/m0./s1. The normalized spacial score (nSPS) is 16.9. The molecule has 0 saturated carbocycles. The summed E-state index contributed by atoms with van der Waals surface area (Å²) < 4.78 is 55.6. The second-order valence-electron chi connectivity index (χ2n) is 5.09. The molecular formula is C15H15ClF4N2S. The van der Waals surface area contributed by atoms with Crippen LogP contribution in [0.1, 0.15) is 16.5 Å². The van der Waals surface area contributed by atoms with Crippen LogP contribution < -0.4 is 5.32 Å². The lowest BCUT2D eigenvalue weighted by Crippen LogP contribution is -2.45. The van der Waals surface area contributed by atoms with E-state index in [4.69, 9.17) is 0 Å². The van der Waals surface area contributed by atoms with Gasteiger partial charge in [-0.15, -0.1) is 23.7 Å². The molecule has 1 fully saturated rings. The van der Waals surface area contributed by atoms with E-state index in [1.165, 1.54) is 11.3 Å². The number of thiophene rings is 1. The summed E-state index contributed by atoms with van der Waals surface area (Å²) in [4.78, 5) is 2.49. The molecule has 0 aliphatic carbocycles. The molecule has 0 radical (unpaired) electrons. The molecular weight excluding hydrogens is 352 g/mol. The lowest BCUT2D eigenvalue weighted by molar-refractivity contribution is 0.192. The van der Waals surface area contributed by atoms with Gasteiger partial charge in [-0.25, -0.2) is 17.6 Å². The van der Waals surface area contributed by atoms with E-state index < -0.39 is 34.9 Å². The summed E-state index contributed by atoms with van der Waals surface area (Å²) in [6.45, 7) is 2.39. The molecule has 1 atom stereocenters. The number of nitrogens with zero attached hydrogens (tertiary/aromatic N) is 1. The second-order valence-corrected chi connectivity index (χ2v) is 6.07. The lowest BCUT2D eigenvalue weighted by atomic mass is 10.0. The maximum absolute atomic E-state index is 14.2. The molecule has 8 heteroatoms. The van der Waals surface area contributed by atoms with E-state index >= 15 is 0 Å². The molecule has 23 heavy (non-hydrogen) atoms. The van der Waals surface area contributed by atoms with Crippen molar-refractivity contribution >= 4 is 23.7 Å². The van der Waals surface area contributed by atoms with Crippen LogP contribution in [0.15, 0.2) is 23.6 Å². The number of nitrogens with one attached hydrogen (secondary N) is 1. The van der Waals surface area contributed by atoms with Gasteiger partial charge in [0.1, 0.15) is 0 Å². The molecule has 2 heterocycles. The first-order valence-corrected chi connectivity index (χ1v) is 7.78. The average molecular weight is 367 g/mol. The Bertz CT molecular complexity index is 634. The number of hydrogen-bond acceptors (Lipinski definition) is 3. The molecule has 1 aromatic carbocycles. The quantitative estimate of drug-likeness (QED) is 0.658. The van der Waals surface area contributed by atoms with Gasteiger partial charge >= 0.3 is 0 Å². The molecule has 2 aromatic rings. The summed E-state index contributed by atoms with van der Waals surface area (Å²) in [7, 11) is 0. The van der Waals surface area contributed by atoms with Gasteiger partial charge in [0.25, 0.3) is 0 Å². The van der Waals surface area contributed by atoms with Crippen LogP contribution in [0, 0.1) is 23.3 Å². The summed E-state index contributed by atoms with van der Waals surface area (Å²) in [5.41, 5.74) is -0.554. The predicted molar refractivity (Wildman–Crippen MR) is 84.1 cm³/mol. The van der Waals surface area contributed by atoms with E-state index in [1.54, 1.807) is 17.5 Å². The first-order chi connectivity index (χ1) is 10.6. The number of benzene rings is 1. The number of hydrogen-bond donors (Lipinski definition) is 1. The van der Waals surface area contributed by atoms with Crippen molar-refractivity contribution in [2.45, 2.75) is 6.04 Å². The molecule has 3 rings (SSSR count). The van der Waals surface area contributed by atoms with E-state index in [2.05, 4.69) is 5.32 Å². The van der Waals surface area contributed by atoms with E-state index in [9.17, 15) is 17.6 Å². The van der Waals surface area contributed by atoms with E-state index in [0.29, 0.717) is 31.1 Å². The van der Waals surface area contributed by atoms with Gasteiger partial charge < -0.3 is 5.32 Å². The first kappa shape index (κ1) is 18.2. The third kappa shape index (κ3) is 3.52. The summed E-state index contributed by atoms with van der Waals surface area (Å²) in [6.07, 6.45) is 0. The minimum atomic E-state index is -1.37. The number of piperazine rings is 1. The van der Waals surface area contributed by atoms with Gasteiger partial charge in [0.15, 0.2) is 23.3 Å². The zero-order valence-electron chi connectivity index (χ0n) is 12.0. The monoisotopic (exact) mass is 366 g/mol. The van der Waals surface area contributed by atoms with Gasteiger partial charge in [-0.2, -0.15) is 0 Å². The third-order valence-corrected chi connectivity index (χ3v) is 4.67. The van der Waals surface area contributed by atoms with E-state index in [-0.39, 0.29) is 18.5 Å². The van der Waals surface area contributed by atoms with Gasteiger partial charge in [-0.05, 0) is 11.4 Å². The first-order valence-electron chi connectivity index (χ1n) is 6.90. The Hall–Kier alpha value is -1.15. The minimum Gasteiger partial charge on any atom is -0.314 e. The van der Waals surface area contributed by atoms with Crippen LogP contribution in [-0.4, -0.2) is 31.1 Å². The molecule has 0 spiro atoms. The van der Waals surface area contributed by atoms with Gasteiger partial charge in [0.05, 0.1) is 11.6 Å². The summed E-state index contributed by atoms with van der Waals surface area (Å²) in [6, 6.07) is 2.89. The Labute approximate surface area is 141 Å². The van der Waals surface area contributed by atoms with Crippen LogP contribution >= 0.6 is 23.7 Å². The fourth-order valence-corrected chi connectivity index (χ4v) is 3.59. The van der Waals surface area contributed by atoms with Gasteiger partial charge in [0.2, 0.25) is 0 Å². The Morgan fingerprint density at radius 1 is 1.04 bits per heavy atom. The van der Waals surface area contributed by atoms with E-state index in [0.717, 1.165) is 0 Å². The largest absolute Gasteiger partial charge is 0.314 e. The summed E-state index contributed by atoms with van der Waals surface area (Å²) >= 11 is 1.31. The molecule has 1 aromatic heterocycles. The van der Waals surface area contributed by atoms with Gasteiger partial charge in [-0.1, -0.05) is 6.07 Å². The molecule has 0 unspecified atom stereocenters. The second kappa shape index (κ2) is 7.61. The molecule has 126 valence electrons. The Morgan fingerprint density at radius 3 is 2.17 bits per heavy atom. The Kier molecular flexibility index (Phi) is 6.02. The van der Waals surface area contributed by atoms with Crippen LogP contribution in [0.3, 0.4) is 0 Å². The highest BCUT2D eigenvalue weighted by Crippen LogP contribution is 2.36. The SMILES string of the molecule is Cl.Fc1cc(F)c(F)c([C@H](c2cccs2)N2CCNCC2)c1F. The molecule has 2 nitrogen and oxygen atoms in total. The fourth-order valence-electron chi connectivity index (χ4n) is 2.72. The van der Waals surface area contributed by atoms with E-state index in [1.807, 2.05) is 4.90 Å². The highest BCUT2D eigenvalue weighted by Gasteiger charge is 2.32. The van der Waals surface area contributed by atoms with Crippen LogP contribution in [0.5, 0.6) is 0 Å². The van der Waals surface area contributed by atoms with Gasteiger partial charge in [0, 0.05) is 37.1 Å². The zero-order chi connectivity index (χ0) is 15.7. The molecule has 1 N–H and O–H groups in total. The van der Waals surface area contributed by atoms with Crippen molar-refractivity contribution in [1.29, 1.82) is 0 Å². The van der Waals surface area contributed by atoms with Crippen molar-refractivity contribution in [3.8, 4) is 0 Å². The average Bonchev–Trinajstić information content (AvgIpc) is 3.04. The van der Waals surface area contributed by atoms with Crippen LogP contribution in [0.2, 0.25) is 0 Å². The predicted octanol–water partition coefficient (Wildman–Crippen LogP) is 3.72. The fraction of sp³-hybridized carbons (Fsp3) is 0.333. The zero-order valence-corrected chi connectivity index (χ0v) is 13.6. The van der Waals surface area contributed by atoms with Crippen molar-refractivity contribution in [2.75, 3.05) is 26.2 Å².